The van der Waals surface area contributed by atoms with Crippen molar-refractivity contribution in [3.05, 3.63) is 29.6 Å². The van der Waals surface area contributed by atoms with Crippen LogP contribution in [0.15, 0.2) is 18.3 Å². The SMILES string of the molecule is COC(=O)c1ncccc1C(=O)CC1NC(=O)NC1=O. The maximum atomic E-state index is 12.1. The molecule has 104 valence electrons. The molecular formula is C12H11N3O5. The Hall–Kier alpha value is -2.77. The molecule has 0 radical (unpaired) electrons. The fraction of sp³-hybridized carbons (Fsp3) is 0.250. The Morgan fingerprint density at radius 2 is 2.15 bits per heavy atom. The molecule has 1 aliphatic rings. The Bertz CT molecular complexity index is 599. The van der Waals surface area contributed by atoms with Gasteiger partial charge in [-0.1, -0.05) is 0 Å². The number of methoxy groups -OCH3 is 1. The van der Waals surface area contributed by atoms with E-state index in [1.807, 2.05) is 5.32 Å². The van der Waals surface area contributed by atoms with E-state index in [4.69, 9.17) is 0 Å². The number of imide groups is 1. The maximum Gasteiger partial charge on any atom is 0.357 e. The molecule has 1 aromatic rings. The van der Waals surface area contributed by atoms with Crippen molar-refractivity contribution in [2.24, 2.45) is 0 Å². The number of hydrogen-bond acceptors (Lipinski definition) is 6. The third kappa shape index (κ3) is 2.63. The highest BCUT2D eigenvalue weighted by Gasteiger charge is 2.32. The summed E-state index contributed by atoms with van der Waals surface area (Å²) < 4.78 is 4.53. The fourth-order valence-corrected chi connectivity index (χ4v) is 1.79. The van der Waals surface area contributed by atoms with Crippen LogP contribution < -0.4 is 10.6 Å². The van der Waals surface area contributed by atoms with Crippen LogP contribution in [0.2, 0.25) is 0 Å². The first-order valence-corrected chi connectivity index (χ1v) is 5.71. The number of ketones is 1. The van der Waals surface area contributed by atoms with E-state index in [9.17, 15) is 19.2 Å². The number of carbonyl (C=O) groups is 4. The standard InChI is InChI=1S/C12H11N3O5/c1-20-11(18)9-6(3-2-4-13-9)8(16)5-7-10(17)15-12(19)14-7/h2-4,7H,5H2,1H3,(H2,14,15,17,19). The lowest BCUT2D eigenvalue weighted by molar-refractivity contribution is -0.120. The highest BCUT2D eigenvalue weighted by Crippen LogP contribution is 2.12. The summed E-state index contributed by atoms with van der Waals surface area (Å²) >= 11 is 0. The first-order valence-electron chi connectivity index (χ1n) is 5.71. The van der Waals surface area contributed by atoms with Crippen LogP contribution in [0.1, 0.15) is 27.3 Å². The highest BCUT2D eigenvalue weighted by molar-refractivity contribution is 6.10. The highest BCUT2D eigenvalue weighted by atomic mass is 16.5. The van der Waals surface area contributed by atoms with E-state index in [-0.39, 0.29) is 17.7 Å². The topological polar surface area (TPSA) is 114 Å². The molecule has 1 fully saturated rings. The van der Waals surface area contributed by atoms with Crippen LogP contribution in [0, 0.1) is 0 Å². The van der Waals surface area contributed by atoms with Crippen LogP contribution in [0.25, 0.3) is 0 Å². The third-order valence-corrected chi connectivity index (χ3v) is 2.73. The summed E-state index contributed by atoms with van der Waals surface area (Å²) in [6.07, 6.45) is 1.10. The van der Waals surface area contributed by atoms with Crippen LogP contribution in [0.4, 0.5) is 4.79 Å². The van der Waals surface area contributed by atoms with Crippen LogP contribution in [0.5, 0.6) is 0 Å². The summed E-state index contributed by atoms with van der Waals surface area (Å²) in [5, 5.41) is 4.33. The number of urea groups is 1. The monoisotopic (exact) mass is 277 g/mol. The number of carbonyl (C=O) groups excluding carboxylic acids is 4. The molecular weight excluding hydrogens is 266 g/mol. The van der Waals surface area contributed by atoms with Gasteiger partial charge in [-0.2, -0.15) is 0 Å². The van der Waals surface area contributed by atoms with Crippen molar-refractivity contribution in [3.8, 4) is 0 Å². The second-order valence-electron chi connectivity index (χ2n) is 4.03. The van der Waals surface area contributed by atoms with Crippen molar-refractivity contribution in [1.29, 1.82) is 0 Å². The maximum absolute atomic E-state index is 12.1. The van der Waals surface area contributed by atoms with Gasteiger partial charge in [-0.05, 0) is 12.1 Å². The van der Waals surface area contributed by atoms with Crippen LogP contribution >= 0.6 is 0 Å². The molecule has 1 aliphatic heterocycles. The van der Waals surface area contributed by atoms with Crippen LogP contribution in [-0.2, 0) is 9.53 Å². The van der Waals surface area contributed by atoms with Gasteiger partial charge >= 0.3 is 12.0 Å². The van der Waals surface area contributed by atoms with E-state index in [0.717, 1.165) is 0 Å². The molecule has 2 rings (SSSR count). The van der Waals surface area contributed by atoms with E-state index in [2.05, 4.69) is 15.0 Å². The number of esters is 1. The van der Waals surface area contributed by atoms with Crippen LogP contribution in [-0.4, -0.2) is 41.8 Å². The molecule has 0 saturated carbocycles. The summed E-state index contributed by atoms with van der Waals surface area (Å²) in [4.78, 5) is 49.8. The Morgan fingerprint density at radius 3 is 2.75 bits per heavy atom. The first kappa shape index (κ1) is 13.7. The lowest BCUT2D eigenvalue weighted by Gasteiger charge is -2.08. The zero-order valence-electron chi connectivity index (χ0n) is 10.5. The molecule has 0 aromatic carbocycles. The van der Waals surface area contributed by atoms with Crippen molar-refractivity contribution in [1.82, 2.24) is 15.6 Å². The quantitative estimate of drug-likeness (QED) is 0.441. The van der Waals surface area contributed by atoms with Gasteiger partial charge in [0.25, 0.3) is 5.91 Å². The number of pyridine rings is 1. The number of nitrogens with zero attached hydrogens (tertiary/aromatic N) is 1. The van der Waals surface area contributed by atoms with Crippen molar-refractivity contribution >= 4 is 23.7 Å². The summed E-state index contributed by atoms with van der Waals surface area (Å²) in [6.45, 7) is 0. The largest absolute Gasteiger partial charge is 0.464 e. The number of amides is 3. The number of ether oxygens (including phenoxy) is 1. The summed E-state index contributed by atoms with van der Waals surface area (Å²) in [5.41, 5.74) is -0.0713. The molecule has 20 heavy (non-hydrogen) atoms. The zero-order chi connectivity index (χ0) is 14.7. The summed E-state index contributed by atoms with van der Waals surface area (Å²) in [7, 11) is 1.18. The molecule has 0 aliphatic carbocycles. The molecule has 3 amide bonds. The zero-order valence-corrected chi connectivity index (χ0v) is 10.5. The molecule has 0 bridgehead atoms. The first-order chi connectivity index (χ1) is 9.52. The van der Waals surface area contributed by atoms with Gasteiger partial charge in [0.1, 0.15) is 6.04 Å². The van der Waals surface area contributed by atoms with Crippen molar-refractivity contribution in [2.45, 2.75) is 12.5 Å². The number of nitrogens with one attached hydrogen (secondary N) is 2. The minimum Gasteiger partial charge on any atom is -0.464 e. The van der Waals surface area contributed by atoms with Gasteiger partial charge in [-0.15, -0.1) is 0 Å². The Morgan fingerprint density at radius 1 is 1.40 bits per heavy atom. The minimum absolute atomic E-state index is 0.0494. The number of Topliss-reactive ketones (excluding diaryl/α,β-unsaturated/α-hetero) is 1. The second kappa shape index (κ2) is 5.47. The number of aromatic nitrogens is 1. The van der Waals surface area contributed by atoms with Crippen molar-refractivity contribution in [2.75, 3.05) is 7.11 Å². The van der Waals surface area contributed by atoms with Gasteiger partial charge in [-0.3, -0.25) is 14.9 Å². The van der Waals surface area contributed by atoms with Gasteiger partial charge in [0.15, 0.2) is 11.5 Å². The minimum atomic E-state index is -0.944. The summed E-state index contributed by atoms with van der Waals surface area (Å²) in [5.74, 6) is -1.80. The fourth-order valence-electron chi connectivity index (χ4n) is 1.79. The van der Waals surface area contributed by atoms with E-state index < -0.39 is 29.7 Å². The Balaban J connectivity index is 2.20. The smallest absolute Gasteiger partial charge is 0.357 e. The van der Waals surface area contributed by atoms with Gasteiger partial charge in [0, 0.05) is 12.6 Å². The molecule has 8 nitrogen and oxygen atoms in total. The molecule has 2 N–H and O–H groups in total. The number of hydrogen-bond donors (Lipinski definition) is 2. The molecule has 0 spiro atoms. The third-order valence-electron chi connectivity index (χ3n) is 2.73. The second-order valence-corrected chi connectivity index (χ2v) is 4.03. The molecule has 8 heteroatoms. The molecule has 2 heterocycles. The lowest BCUT2D eigenvalue weighted by Crippen LogP contribution is -2.32. The van der Waals surface area contributed by atoms with Crippen LogP contribution in [0.3, 0.4) is 0 Å². The lowest BCUT2D eigenvalue weighted by atomic mass is 10.0. The van der Waals surface area contributed by atoms with E-state index in [0.29, 0.717) is 0 Å². The predicted molar refractivity (Wildman–Crippen MR) is 65.0 cm³/mol. The summed E-state index contributed by atoms with van der Waals surface area (Å²) in [6, 6.07) is 1.32. The molecule has 1 atom stereocenters. The van der Waals surface area contributed by atoms with E-state index in [1.54, 1.807) is 0 Å². The van der Waals surface area contributed by atoms with Gasteiger partial charge in [0.05, 0.1) is 12.7 Å². The van der Waals surface area contributed by atoms with Crippen molar-refractivity contribution in [3.63, 3.8) is 0 Å². The molecule has 1 unspecified atom stereocenters. The normalized spacial score (nSPS) is 17.4. The van der Waals surface area contributed by atoms with Gasteiger partial charge in [-0.25, -0.2) is 14.6 Å². The van der Waals surface area contributed by atoms with Gasteiger partial charge in [0.2, 0.25) is 0 Å². The number of rotatable bonds is 4. The average molecular weight is 277 g/mol. The van der Waals surface area contributed by atoms with E-state index >= 15 is 0 Å². The van der Waals surface area contributed by atoms with Gasteiger partial charge < -0.3 is 10.1 Å². The van der Waals surface area contributed by atoms with E-state index in [1.165, 1.54) is 25.4 Å². The Labute approximate surface area is 113 Å². The molecule has 1 saturated heterocycles. The predicted octanol–water partition coefficient (Wildman–Crippen LogP) is -0.351. The average Bonchev–Trinajstić information content (AvgIpc) is 2.76. The Kier molecular flexibility index (Phi) is 3.74. The molecule has 1 aromatic heterocycles. The van der Waals surface area contributed by atoms with Crippen molar-refractivity contribution < 1.29 is 23.9 Å².